The molecule has 4 rings (SSSR count). The molecule has 10 heteroatoms. The standard InChI is InChI=1S/C26H27N5O5/c1-36-24-12-6-21(7-13-24)28-26(33)19-2-4-20(5-3-19)27-25(32)18-29-14-16-30(17-15-29)22-8-10-23(11-9-22)31(34)35/h2-13H,14-18H2,1H3,(H,27,32)(H,28,33). The maximum absolute atomic E-state index is 12.5. The third-order valence-electron chi connectivity index (χ3n) is 5.94. The molecule has 0 saturated carbocycles. The summed E-state index contributed by atoms with van der Waals surface area (Å²) >= 11 is 0. The number of anilines is 3. The number of methoxy groups -OCH3 is 1. The number of hydrogen-bond donors (Lipinski definition) is 2. The van der Waals surface area contributed by atoms with Crippen molar-refractivity contribution in [3.05, 3.63) is 88.5 Å². The molecule has 1 aliphatic heterocycles. The lowest BCUT2D eigenvalue weighted by Gasteiger charge is -2.35. The van der Waals surface area contributed by atoms with Gasteiger partial charge in [-0.2, -0.15) is 0 Å². The average molecular weight is 490 g/mol. The van der Waals surface area contributed by atoms with E-state index in [1.54, 1.807) is 67.8 Å². The molecule has 3 aromatic carbocycles. The molecule has 1 saturated heterocycles. The molecule has 186 valence electrons. The predicted octanol–water partition coefficient (Wildman–Crippen LogP) is 3.62. The molecular formula is C26H27N5O5. The highest BCUT2D eigenvalue weighted by Crippen LogP contribution is 2.21. The second-order valence-electron chi connectivity index (χ2n) is 8.34. The van der Waals surface area contributed by atoms with E-state index in [-0.39, 0.29) is 24.0 Å². The first-order valence-electron chi connectivity index (χ1n) is 11.5. The third kappa shape index (κ3) is 6.36. The van der Waals surface area contributed by atoms with Crippen molar-refractivity contribution in [2.24, 2.45) is 0 Å². The molecule has 0 aromatic heterocycles. The van der Waals surface area contributed by atoms with Crippen LogP contribution in [-0.2, 0) is 4.79 Å². The number of nitrogens with zero attached hydrogens (tertiary/aromatic N) is 3. The molecule has 0 aliphatic carbocycles. The summed E-state index contributed by atoms with van der Waals surface area (Å²) in [4.78, 5) is 39.6. The van der Waals surface area contributed by atoms with Crippen molar-refractivity contribution in [2.75, 3.05) is 55.4 Å². The van der Waals surface area contributed by atoms with Gasteiger partial charge in [0.1, 0.15) is 5.75 Å². The molecule has 36 heavy (non-hydrogen) atoms. The Morgan fingerprint density at radius 2 is 1.44 bits per heavy atom. The Bertz CT molecular complexity index is 1200. The molecule has 0 atom stereocenters. The highest BCUT2D eigenvalue weighted by Gasteiger charge is 2.20. The summed E-state index contributed by atoms with van der Waals surface area (Å²) in [6.07, 6.45) is 0. The van der Waals surface area contributed by atoms with E-state index >= 15 is 0 Å². The van der Waals surface area contributed by atoms with Crippen molar-refractivity contribution in [3.63, 3.8) is 0 Å². The molecule has 2 amide bonds. The van der Waals surface area contributed by atoms with E-state index in [1.807, 2.05) is 0 Å². The van der Waals surface area contributed by atoms with Gasteiger partial charge in [0.05, 0.1) is 18.6 Å². The number of amides is 2. The van der Waals surface area contributed by atoms with Gasteiger partial charge in [0.2, 0.25) is 5.91 Å². The first-order valence-corrected chi connectivity index (χ1v) is 11.5. The van der Waals surface area contributed by atoms with Gasteiger partial charge in [-0.05, 0) is 60.7 Å². The molecule has 1 heterocycles. The van der Waals surface area contributed by atoms with E-state index in [9.17, 15) is 19.7 Å². The van der Waals surface area contributed by atoms with Crippen LogP contribution in [0, 0.1) is 10.1 Å². The van der Waals surface area contributed by atoms with Crippen LogP contribution in [0.5, 0.6) is 5.75 Å². The summed E-state index contributed by atoms with van der Waals surface area (Å²) in [5, 5.41) is 16.5. The largest absolute Gasteiger partial charge is 0.497 e. The van der Waals surface area contributed by atoms with Gasteiger partial charge in [-0.25, -0.2) is 0 Å². The summed E-state index contributed by atoms with van der Waals surface area (Å²) in [5.74, 6) is 0.331. The zero-order valence-corrected chi connectivity index (χ0v) is 19.8. The molecular weight excluding hydrogens is 462 g/mol. The maximum Gasteiger partial charge on any atom is 0.269 e. The minimum atomic E-state index is -0.412. The van der Waals surface area contributed by atoms with E-state index in [1.165, 1.54) is 12.1 Å². The Balaban J connectivity index is 1.23. The van der Waals surface area contributed by atoms with E-state index in [4.69, 9.17) is 4.74 Å². The van der Waals surface area contributed by atoms with Crippen molar-refractivity contribution in [3.8, 4) is 5.75 Å². The number of carbonyl (C=O) groups is 2. The minimum Gasteiger partial charge on any atom is -0.497 e. The summed E-state index contributed by atoms with van der Waals surface area (Å²) in [5.41, 5.74) is 2.75. The van der Waals surface area contributed by atoms with Gasteiger partial charge < -0.3 is 20.3 Å². The van der Waals surface area contributed by atoms with E-state index in [0.717, 1.165) is 18.8 Å². The molecule has 10 nitrogen and oxygen atoms in total. The number of hydrogen-bond acceptors (Lipinski definition) is 7. The van der Waals surface area contributed by atoms with Crippen LogP contribution in [0.3, 0.4) is 0 Å². The molecule has 0 unspecified atom stereocenters. The average Bonchev–Trinajstić information content (AvgIpc) is 2.90. The van der Waals surface area contributed by atoms with Crippen LogP contribution >= 0.6 is 0 Å². The molecule has 0 bridgehead atoms. The van der Waals surface area contributed by atoms with Gasteiger partial charge in [0, 0.05) is 60.9 Å². The lowest BCUT2D eigenvalue weighted by molar-refractivity contribution is -0.384. The van der Waals surface area contributed by atoms with Gasteiger partial charge in [-0.3, -0.25) is 24.6 Å². The minimum absolute atomic E-state index is 0.0694. The fourth-order valence-corrected chi connectivity index (χ4v) is 3.94. The maximum atomic E-state index is 12.5. The van der Waals surface area contributed by atoms with Gasteiger partial charge in [-0.15, -0.1) is 0 Å². The van der Waals surface area contributed by atoms with Gasteiger partial charge in [0.15, 0.2) is 0 Å². The second-order valence-corrected chi connectivity index (χ2v) is 8.34. The Hall–Kier alpha value is -4.44. The predicted molar refractivity (Wildman–Crippen MR) is 138 cm³/mol. The Morgan fingerprint density at radius 3 is 2.03 bits per heavy atom. The van der Waals surface area contributed by atoms with Crippen LogP contribution in [0.4, 0.5) is 22.7 Å². The van der Waals surface area contributed by atoms with Crippen LogP contribution in [0.15, 0.2) is 72.8 Å². The fourth-order valence-electron chi connectivity index (χ4n) is 3.94. The van der Waals surface area contributed by atoms with Crippen molar-refractivity contribution in [1.82, 2.24) is 4.90 Å². The molecule has 2 N–H and O–H groups in total. The molecule has 1 fully saturated rings. The molecule has 0 spiro atoms. The number of nitro benzene ring substituents is 1. The first-order chi connectivity index (χ1) is 17.4. The number of non-ortho nitro benzene ring substituents is 1. The lowest BCUT2D eigenvalue weighted by atomic mass is 10.2. The van der Waals surface area contributed by atoms with E-state index in [2.05, 4.69) is 20.4 Å². The number of piperazine rings is 1. The van der Waals surface area contributed by atoms with Crippen LogP contribution in [0.1, 0.15) is 10.4 Å². The van der Waals surface area contributed by atoms with E-state index in [0.29, 0.717) is 35.8 Å². The van der Waals surface area contributed by atoms with Crippen LogP contribution in [0.2, 0.25) is 0 Å². The number of ether oxygens (including phenoxy) is 1. The highest BCUT2D eigenvalue weighted by atomic mass is 16.6. The van der Waals surface area contributed by atoms with Gasteiger partial charge >= 0.3 is 0 Å². The topological polar surface area (TPSA) is 117 Å². The highest BCUT2D eigenvalue weighted by molar-refractivity contribution is 6.04. The number of carbonyl (C=O) groups excluding carboxylic acids is 2. The zero-order valence-electron chi connectivity index (χ0n) is 19.8. The van der Waals surface area contributed by atoms with Crippen LogP contribution in [0.25, 0.3) is 0 Å². The van der Waals surface area contributed by atoms with Crippen LogP contribution < -0.4 is 20.3 Å². The lowest BCUT2D eigenvalue weighted by Crippen LogP contribution is -2.48. The quantitative estimate of drug-likeness (QED) is 0.367. The Labute approximate surface area is 208 Å². The Kier molecular flexibility index (Phi) is 7.76. The molecule has 0 radical (unpaired) electrons. The summed E-state index contributed by atoms with van der Waals surface area (Å²) < 4.78 is 5.11. The second kappa shape index (κ2) is 11.3. The van der Waals surface area contributed by atoms with Crippen molar-refractivity contribution in [2.45, 2.75) is 0 Å². The fraction of sp³-hybridized carbons (Fsp3) is 0.231. The zero-order chi connectivity index (χ0) is 25.5. The van der Waals surface area contributed by atoms with Crippen molar-refractivity contribution < 1.29 is 19.2 Å². The summed E-state index contributed by atoms with van der Waals surface area (Å²) in [6, 6.07) is 20.3. The SMILES string of the molecule is COc1ccc(NC(=O)c2ccc(NC(=O)CN3CCN(c4ccc([N+](=O)[O-])cc4)CC3)cc2)cc1. The normalized spacial score (nSPS) is 13.6. The van der Waals surface area contributed by atoms with Gasteiger partial charge in [-0.1, -0.05) is 0 Å². The van der Waals surface area contributed by atoms with Crippen molar-refractivity contribution >= 4 is 34.6 Å². The number of benzene rings is 3. The molecule has 3 aromatic rings. The monoisotopic (exact) mass is 489 g/mol. The first kappa shape index (κ1) is 24.7. The Morgan fingerprint density at radius 1 is 0.861 bits per heavy atom. The van der Waals surface area contributed by atoms with E-state index < -0.39 is 4.92 Å². The summed E-state index contributed by atoms with van der Waals surface area (Å²) in [7, 11) is 1.58. The molecule has 1 aliphatic rings. The number of nitrogens with one attached hydrogen (secondary N) is 2. The number of rotatable bonds is 8. The smallest absolute Gasteiger partial charge is 0.269 e. The van der Waals surface area contributed by atoms with Gasteiger partial charge in [0.25, 0.3) is 11.6 Å². The third-order valence-corrected chi connectivity index (χ3v) is 5.94. The van der Waals surface area contributed by atoms with Crippen molar-refractivity contribution in [1.29, 1.82) is 0 Å². The number of nitro groups is 1. The van der Waals surface area contributed by atoms with Crippen LogP contribution in [-0.4, -0.2) is 61.5 Å². The summed E-state index contributed by atoms with van der Waals surface area (Å²) in [6.45, 7) is 3.11.